The van der Waals surface area contributed by atoms with E-state index in [2.05, 4.69) is 13.0 Å². The fourth-order valence-corrected chi connectivity index (χ4v) is 1.44. The summed E-state index contributed by atoms with van der Waals surface area (Å²) in [5.74, 6) is -0.924. The van der Waals surface area contributed by atoms with Gasteiger partial charge >= 0.3 is 5.97 Å². The number of rotatable bonds is 10. The molecule has 0 fully saturated rings. The van der Waals surface area contributed by atoms with E-state index in [1.807, 2.05) is 24.3 Å². The molecule has 18 heavy (non-hydrogen) atoms. The Morgan fingerprint density at radius 3 is 2.17 bits per heavy atom. The lowest BCUT2D eigenvalue weighted by molar-refractivity contribution is -0.131. The second kappa shape index (κ2) is 13.5. The van der Waals surface area contributed by atoms with Crippen molar-refractivity contribution in [2.24, 2.45) is 0 Å². The van der Waals surface area contributed by atoms with Gasteiger partial charge in [0, 0.05) is 6.08 Å². The molecule has 0 aliphatic rings. The molecule has 2 nitrogen and oxygen atoms in total. The number of unbranched alkanes of at least 4 members (excludes halogenated alkanes) is 5. The first-order chi connectivity index (χ1) is 8.77. The summed E-state index contributed by atoms with van der Waals surface area (Å²) in [5, 5.41) is 8.34. The van der Waals surface area contributed by atoms with Gasteiger partial charge in [-0.25, -0.2) is 4.79 Å². The number of carboxylic acid groups (broad SMARTS) is 1. The lowest BCUT2D eigenvalue weighted by atomic mass is 10.1. The largest absolute Gasteiger partial charge is 0.478 e. The summed E-state index contributed by atoms with van der Waals surface area (Å²) >= 11 is 0. The van der Waals surface area contributed by atoms with E-state index in [0.717, 1.165) is 12.5 Å². The molecule has 0 saturated heterocycles. The van der Waals surface area contributed by atoms with Crippen molar-refractivity contribution in [2.75, 3.05) is 0 Å². The van der Waals surface area contributed by atoms with Gasteiger partial charge in [-0.15, -0.1) is 0 Å². The molecule has 2 heteroatoms. The van der Waals surface area contributed by atoms with Crippen LogP contribution in [0.1, 0.15) is 45.4 Å². The summed E-state index contributed by atoms with van der Waals surface area (Å²) < 4.78 is 0. The molecule has 0 heterocycles. The molecule has 0 aliphatic heterocycles. The zero-order valence-electron chi connectivity index (χ0n) is 11.2. The zero-order valence-corrected chi connectivity index (χ0v) is 11.2. The normalized spacial score (nSPS) is 12.5. The molecule has 0 aromatic heterocycles. The molecule has 0 saturated carbocycles. The molecule has 0 rings (SSSR count). The standard InChI is InChI=1S/C16H24O2/c1-2-3-4-5-6-7-8-9-10-11-12-13-14-15-16(17)18/h8-15H,2-7H2,1H3,(H,17,18)/b9-8-,11-10-,13-12+,15-14+. The minimum atomic E-state index is -0.924. The van der Waals surface area contributed by atoms with Crippen LogP contribution in [0.4, 0.5) is 0 Å². The summed E-state index contributed by atoms with van der Waals surface area (Å²) in [6.07, 6.45) is 21.9. The predicted molar refractivity (Wildman–Crippen MR) is 77.6 cm³/mol. The summed E-state index contributed by atoms with van der Waals surface area (Å²) in [7, 11) is 0. The van der Waals surface area contributed by atoms with Crippen LogP contribution in [0.3, 0.4) is 0 Å². The van der Waals surface area contributed by atoms with Gasteiger partial charge in [0.15, 0.2) is 0 Å². The Bertz CT molecular complexity index is 309. The first kappa shape index (κ1) is 16.4. The summed E-state index contributed by atoms with van der Waals surface area (Å²) in [4.78, 5) is 10.2. The first-order valence-corrected chi connectivity index (χ1v) is 6.67. The second-order valence-electron chi connectivity index (χ2n) is 4.10. The van der Waals surface area contributed by atoms with E-state index >= 15 is 0 Å². The Labute approximate surface area is 110 Å². The Kier molecular flexibility index (Phi) is 12.3. The van der Waals surface area contributed by atoms with E-state index in [1.165, 1.54) is 38.2 Å². The maximum atomic E-state index is 10.2. The molecule has 0 aromatic rings. The molecule has 0 atom stereocenters. The molecular formula is C16H24O2. The third kappa shape index (κ3) is 14.4. The quantitative estimate of drug-likeness (QED) is 0.347. The van der Waals surface area contributed by atoms with E-state index in [9.17, 15) is 4.79 Å². The van der Waals surface area contributed by atoms with Crippen LogP contribution in [0, 0.1) is 0 Å². The number of carboxylic acids is 1. The monoisotopic (exact) mass is 248 g/mol. The van der Waals surface area contributed by atoms with Gasteiger partial charge in [-0.3, -0.25) is 0 Å². The van der Waals surface area contributed by atoms with Crippen LogP contribution in [-0.2, 0) is 4.79 Å². The average Bonchev–Trinajstić information content (AvgIpc) is 2.34. The van der Waals surface area contributed by atoms with Gasteiger partial charge in [0.2, 0.25) is 0 Å². The topological polar surface area (TPSA) is 37.3 Å². The zero-order chi connectivity index (χ0) is 13.5. The molecule has 0 radical (unpaired) electrons. The van der Waals surface area contributed by atoms with Gasteiger partial charge < -0.3 is 5.11 Å². The molecular weight excluding hydrogens is 224 g/mol. The molecule has 100 valence electrons. The minimum absolute atomic E-state index is 0.924. The lowest BCUT2D eigenvalue weighted by Gasteiger charge is -1.95. The smallest absolute Gasteiger partial charge is 0.328 e. The van der Waals surface area contributed by atoms with Crippen molar-refractivity contribution in [3.05, 3.63) is 48.6 Å². The molecule has 0 unspecified atom stereocenters. The number of hydrogen-bond acceptors (Lipinski definition) is 1. The Hall–Kier alpha value is -1.57. The molecule has 0 spiro atoms. The Morgan fingerprint density at radius 1 is 0.889 bits per heavy atom. The van der Waals surface area contributed by atoms with Gasteiger partial charge in [-0.05, 0) is 12.8 Å². The highest BCUT2D eigenvalue weighted by Crippen LogP contribution is 2.05. The predicted octanol–water partition coefficient (Wildman–Crippen LogP) is 4.66. The van der Waals surface area contributed by atoms with Crippen molar-refractivity contribution in [1.82, 2.24) is 0 Å². The van der Waals surface area contributed by atoms with Crippen LogP contribution in [0.25, 0.3) is 0 Å². The molecule has 1 N–H and O–H groups in total. The number of hydrogen-bond donors (Lipinski definition) is 1. The first-order valence-electron chi connectivity index (χ1n) is 6.67. The van der Waals surface area contributed by atoms with Crippen molar-refractivity contribution in [3.8, 4) is 0 Å². The highest BCUT2D eigenvalue weighted by molar-refractivity contribution is 5.80. The Morgan fingerprint density at radius 2 is 1.50 bits per heavy atom. The maximum absolute atomic E-state index is 10.2. The van der Waals surface area contributed by atoms with Gasteiger partial charge in [-0.2, -0.15) is 0 Å². The lowest BCUT2D eigenvalue weighted by Crippen LogP contribution is -1.84. The van der Waals surface area contributed by atoms with Crippen molar-refractivity contribution in [3.63, 3.8) is 0 Å². The number of aliphatic carboxylic acids is 1. The van der Waals surface area contributed by atoms with Crippen LogP contribution in [0.15, 0.2) is 48.6 Å². The maximum Gasteiger partial charge on any atom is 0.328 e. The summed E-state index contributed by atoms with van der Waals surface area (Å²) in [5.41, 5.74) is 0. The highest BCUT2D eigenvalue weighted by atomic mass is 16.4. The highest BCUT2D eigenvalue weighted by Gasteiger charge is 1.85. The van der Waals surface area contributed by atoms with E-state index in [-0.39, 0.29) is 0 Å². The minimum Gasteiger partial charge on any atom is -0.478 e. The van der Waals surface area contributed by atoms with Crippen molar-refractivity contribution in [2.45, 2.75) is 45.4 Å². The van der Waals surface area contributed by atoms with Gasteiger partial charge in [0.25, 0.3) is 0 Å². The van der Waals surface area contributed by atoms with Crippen molar-refractivity contribution >= 4 is 5.97 Å². The van der Waals surface area contributed by atoms with Gasteiger partial charge in [0.1, 0.15) is 0 Å². The Balaban J connectivity index is 3.48. The third-order valence-corrected chi connectivity index (χ3v) is 2.40. The van der Waals surface area contributed by atoms with Crippen LogP contribution in [0.2, 0.25) is 0 Å². The summed E-state index contributed by atoms with van der Waals surface area (Å²) in [6.45, 7) is 2.23. The molecule has 0 aromatic carbocycles. The van der Waals surface area contributed by atoms with Gasteiger partial charge in [0.05, 0.1) is 0 Å². The van der Waals surface area contributed by atoms with Crippen LogP contribution < -0.4 is 0 Å². The van der Waals surface area contributed by atoms with Crippen LogP contribution in [0.5, 0.6) is 0 Å². The fraction of sp³-hybridized carbons (Fsp3) is 0.438. The van der Waals surface area contributed by atoms with Crippen LogP contribution >= 0.6 is 0 Å². The van der Waals surface area contributed by atoms with Crippen LogP contribution in [-0.4, -0.2) is 11.1 Å². The second-order valence-corrected chi connectivity index (χ2v) is 4.10. The van der Waals surface area contributed by atoms with E-state index in [0.29, 0.717) is 0 Å². The van der Waals surface area contributed by atoms with E-state index in [4.69, 9.17) is 5.11 Å². The van der Waals surface area contributed by atoms with E-state index in [1.54, 1.807) is 6.08 Å². The molecule has 0 amide bonds. The molecule has 0 aliphatic carbocycles. The average molecular weight is 248 g/mol. The summed E-state index contributed by atoms with van der Waals surface area (Å²) in [6, 6.07) is 0. The van der Waals surface area contributed by atoms with E-state index < -0.39 is 5.97 Å². The fourth-order valence-electron chi connectivity index (χ4n) is 1.44. The third-order valence-electron chi connectivity index (χ3n) is 2.40. The van der Waals surface area contributed by atoms with Crippen molar-refractivity contribution < 1.29 is 9.90 Å². The number of carbonyl (C=O) groups is 1. The number of allylic oxidation sites excluding steroid dienone is 7. The van der Waals surface area contributed by atoms with Gasteiger partial charge in [-0.1, -0.05) is 75.1 Å². The SMILES string of the molecule is CCCCCCC\C=C/C=C\C=C\C=C\C(=O)O. The van der Waals surface area contributed by atoms with Crippen molar-refractivity contribution in [1.29, 1.82) is 0 Å². The molecule has 0 bridgehead atoms.